The maximum atomic E-state index is 5.50. The number of piperazine rings is 1. The Hall–Kier alpha value is -2.44. The predicted octanol–water partition coefficient (Wildman–Crippen LogP) is 2.94. The highest BCUT2D eigenvalue weighted by atomic mass is 16.5. The quantitative estimate of drug-likeness (QED) is 0.752. The third-order valence-corrected chi connectivity index (χ3v) is 5.53. The van der Waals surface area contributed by atoms with Crippen LogP contribution in [-0.4, -0.2) is 66.8 Å². The molecule has 6 nitrogen and oxygen atoms in total. The molecule has 1 saturated heterocycles. The van der Waals surface area contributed by atoms with Gasteiger partial charge in [-0.2, -0.15) is 0 Å². The lowest BCUT2D eigenvalue weighted by molar-refractivity contribution is 0.148. The van der Waals surface area contributed by atoms with E-state index in [4.69, 9.17) is 9.47 Å². The molecule has 0 unspecified atom stereocenters. The zero-order valence-electron chi connectivity index (χ0n) is 16.6. The zero-order chi connectivity index (χ0) is 19.0. The van der Waals surface area contributed by atoms with E-state index >= 15 is 0 Å². The number of hydrogen-bond acceptors (Lipinski definition) is 4. The van der Waals surface area contributed by atoms with Crippen LogP contribution in [0, 0.1) is 0 Å². The highest BCUT2D eigenvalue weighted by Gasteiger charge is 2.17. The highest BCUT2D eigenvalue weighted by Crippen LogP contribution is 2.37. The number of fused-ring (bicyclic) bond motifs is 1. The van der Waals surface area contributed by atoms with Gasteiger partial charge in [-0.25, -0.2) is 0 Å². The van der Waals surface area contributed by atoms with Crippen molar-refractivity contribution in [1.82, 2.24) is 19.4 Å². The highest BCUT2D eigenvalue weighted by molar-refractivity contribution is 5.97. The van der Waals surface area contributed by atoms with E-state index in [9.17, 15) is 0 Å². The molecule has 144 valence electrons. The standard InChI is InChI=1S/C21H28N4O2/c1-23-5-7-25(8-6-23)13-15-9-18(22-12-15)17-14-24(2)19-11-21(27-4)20(26-3)10-16(17)19/h9-12,14,22H,5-8,13H2,1-4H3. The maximum absolute atomic E-state index is 5.50. The summed E-state index contributed by atoms with van der Waals surface area (Å²) in [4.78, 5) is 8.37. The fourth-order valence-corrected chi connectivity index (χ4v) is 3.87. The first-order valence-corrected chi connectivity index (χ1v) is 9.38. The van der Waals surface area contributed by atoms with Crippen molar-refractivity contribution in [2.24, 2.45) is 7.05 Å². The summed E-state index contributed by atoms with van der Waals surface area (Å²) < 4.78 is 13.1. The van der Waals surface area contributed by atoms with Gasteiger partial charge in [0.2, 0.25) is 0 Å². The summed E-state index contributed by atoms with van der Waals surface area (Å²) in [5.74, 6) is 1.50. The van der Waals surface area contributed by atoms with E-state index in [1.54, 1.807) is 14.2 Å². The van der Waals surface area contributed by atoms with Gasteiger partial charge >= 0.3 is 0 Å². The number of methoxy groups -OCH3 is 2. The number of hydrogen-bond donors (Lipinski definition) is 1. The van der Waals surface area contributed by atoms with Crippen molar-refractivity contribution in [2.45, 2.75) is 6.54 Å². The molecule has 1 fully saturated rings. The van der Waals surface area contributed by atoms with Crippen LogP contribution >= 0.6 is 0 Å². The Balaban J connectivity index is 1.64. The summed E-state index contributed by atoms with van der Waals surface area (Å²) in [6.45, 7) is 5.53. The van der Waals surface area contributed by atoms with Crippen LogP contribution in [0.1, 0.15) is 5.56 Å². The summed E-state index contributed by atoms with van der Waals surface area (Å²) in [6, 6.07) is 6.36. The Morgan fingerprint density at radius 1 is 0.963 bits per heavy atom. The van der Waals surface area contributed by atoms with E-state index < -0.39 is 0 Å². The Kier molecular flexibility index (Phi) is 4.85. The molecule has 0 bridgehead atoms. The molecule has 6 heteroatoms. The minimum absolute atomic E-state index is 0.750. The van der Waals surface area contributed by atoms with Gasteiger partial charge in [0.05, 0.1) is 19.7 Å². The second kappa shape index (κ2) is 7.29. The number of aryl methyl sites for hydroxylation is 1. The molecule has 4 rings (SSSR count). The van der Waals surface area contributed by atoms with Crippen LogP contribution < -0.4 is 9.47 Å². The van der Waals surface area contributed by atoms with Crippen LogP contribution in [0.5, 0.6) is 11.5 Å². The summed E-state index contributed by atoms with van der Waals surface area (Å²) in [7, 11) is 7.60. The second-order valence-corrected chi connectivity index (χ2v) is 7.38. The number of ether oxygens (including phenoxy) is 2. The van der Waals surface area contributed by atoms with Crippen molar-refractivity contribution in [3.63, 3.8) is 0 Å². The van der Waals surface area contributed by atoms with E-state index in [0.717, 1.165) is 60.8 Å². The second-order valence-electron chi connectivity index (χ2n) is 7.38. The van der Waals surface area contributed by atoms with Crippen molar-refractivity contribution in [3.05, 3.63) is 36.2 Å². The van der Waals surface area contributed by atoms with Gasteiger partial charge in [-0.1, -0.05) is 0 Å². The van der Waals surface area contributed by atoms with Crippen LogP contribution in [0.3, 0.4) is 0 Å². The lowest BCUT2D eigenvalue weighted by Crippen LogP contribution is -2.43. The van der Waals surface area contributed by atoms with Gasteiger partial charge in [-0.05, 0) is 24.7 Å². The Morgan fingerprint density at radius 2 is 1.67 bits per heavy atom. The molecule has 3 aromatic rings. The first-order valence-electron chi connectivity index (χ1n) is 9.38. The first kappa shape index (κ1) is 17.9. The fraction of sp³-hybridized carbons (Fsp3) is 0.429. The van der Waals surface area contributed by atoms with Crippen molar-refractivity contribution in [2.75, 3.05) is 47.4 Å². The monoisotopic (exact) mass is 368 g/mol. The molecule has 1 aromatic carbocycles. The molecular weight excluding hydrogens is 340 g/mol. The van der Waals surface area contributed by atoms with Crippen LogP contribution in [0.4, 0.5) is 0 Å². The van der Waals surface area contributed by atoms with Gasteiger partial charge in [0.15, 0.2) is 11.5 Å². The topological polar surface area (TPSA) is 45.7 Å². The van der Waals surface area contributed by atoms with Crippen molar-refractivity contribution >= 4 is 10.9 Å². The number of rotatable bonds is 5. The van der Waals surface area contributed by atoms with E-state index in [1.165, 1.54) is 11.1 Å². The van der Waals surface area contributed by atoms with E-state index in [-0.39, 0.29) is 0 Å². The average Bonchev–Trinajstić information content (AvgIpc) is 3.27. The van der Waals surface area contributed by atoms with Crippen molar-refractivity contribution in [3.8, 4) is 22.8 Å². The molecule has 1 N–H and O–H groups in total. The van der Waals surface area contributed by atoms with Crippen LogP contribution in [0.2, 0.25) is 0 Å². The minimum atomic E-state index is 0.750. The molecule has 0 atom stereocenters. The molecule has 0 radical (unpaired) electrons. The third-order valence-electron chi connectivity index (χ3n) is 5.53. The summed E-state index contributed by atoms with van der Waals surface area (Å²) >= 11 is 0. The average molecular weight is 368 g/mol. The lowest BCUT2D eigenvalue weighted by Gasteiger charge is -2.32. The molecular formula is C21H28N4O2. The molecule has 27 heavy (non-hydrogen) atoms. The molecule has 3 heterocycles. The third kappa shape index (κ3) is 3.42. The largest absolute Gasteiger partial charge is 0.493 e. The SMILES string of the molecule is COc1cc2c(-c3cc(CN4CCN(C)CC4)c[nH]3)cn(C)c2cc1OC. The number of benzene rings is 1. The Morgan fingerprint density at radius 3 is 2.37 bits per heavy atom. The summed E-state index contributed by atoms with van der Waals surface area (Å²) in [6.07, 6.45) is 4.29. The van der Waals surface area contributed by atoms with Gasteiger partial charge in [-0.3, -0.25) is 4.90 Å². The van der Waals surface area contributed by atoms with Gasteiger partial charge in [-0.15, -0.1) is 0 Å². The Labute approximate surface area is 160 Å². The molecule has 0 spiro atoms. The van der Waals surface area contributed by atoms with Gasteiger partial charge < -0.3 is 23.9 Å². The summed E-state index contributed by atoms with van der Waals surface area (Å²) in [5, 5.41) is 1.16. The number of nitrogens with zero attached hydrogens (tertiary/aromatic N) is 3. The number of nitrogens with one attached hydrogen (secondary N) is 1. The number of likely N-dealkylation sites (N-methyl/N-ethyl adjacent to an activating group) is 1. The molecule has 1 aliphatic rings. The van der Waals surface area contributed by atoms with E-state index in [2.05, 4.69) is 58.0 Å². The normalized spacial score (nSPS) is 16.1. The summed E-state index contributed by atoms with van der Waals surface area (Å²) in [5.41, 5.74) is 4.76. The van der Waals surface area contributed by atoms with Gasteiger partial charge in [0.25, 0.3) is 0 Å². The molecule has 0 aliphatic carbocycles. The fourth-order valence-electron chi connectivity index (χ4n) is 3.87. The number of aromatic amines is 1. The molecule has 2 aromatic heterocycles. The first-order chi connectivity index (χ1) is 13.1. The molecule has 0 saturated carbocycles. The van der Waals surface area contributed by atoms with Crippen molar-refractivity contribution < 1.29 is 9.47 Å². The van der Waals surface area contributed by atoms with Crippen LogP contribution in [0.15, 0.2) is 30.6 Å². The predicted molar refractivity (Wildman–Crippen MR) is 109 cm³/mol. The van der Waals surface area contributed by atoms with Gasteiger partial charge in [0.1, 0.15) is 0 Å². The minimum Gasteiger partial charge on any atom is -0.493 e. The van der Waals surface area contributed by atoms with Crippen molar-refractivity contribution in [1.29, 1.82) is 0 Å². The number of aromatic nitrogens is 2. The lowest BCUT2D eigenvalue weighted by atomic mass is 10.1. The Bertz CT molecular complexity index is 935. The maximum Gasteiger partial charge on any atom is 0.162 e. The number of H-pyrrole nitrogens is 1. The smallest absolute Gasteiger partial charge is 0.162 e. The van der Waals surface area contributed by atoms with E-state index in [1.807, 2.05) is 6.07 Å². The molecule has 1 aliphatic heterocycles. The zero-order valence-corrected chi connectivity index (χ0v) is 16.6. The van der Waals surface area contributed by atoms with E-state index in [0.29, 0.717) is 0 Å². The molecule has 0 amide bonds. The van der Waals surface area contributed by atoms with Crippen LogP contribution in [0.25, 0.3) is 22.2 Å². The van der Waals surface area contributed by atoms with Gasteiger partial charge in [0, 0.05) is 74.9 Å². The van der Waals surface area contributed by atoms with Crippen LogP contribution in [-0.2, 0) is 13.6 Å².